The van der Waals surface area contributed by atoms with Gasteiger partial charge < -0.3 is 24.0 Å². The quantitative estimate of drug-likeness (QED) is 0.660. The fourth-order valence-corrected chi connectivity index (χ4v) is 4.88. The Balaban J connectivity index is 1.79. The molecule has 0 unspecified atom stereocenters. The van der Waals surface area contributed by atoms with E-state index in [1.165, 1.54) is 34.5 Å². The van der Waals surface area contributed by atoms with E-state index >= 15 is 0 Å². The first-order valence-corrected chi connectivity index (χ1v) is 11.3. The van der Waals surface area contributed by atoms with Crippen LogP contribution in [0.1, 0.15) is 17.3 Å². The summed E-state index contributed by atoms with van der Waals surface area (Å²) in [5.74, 6) is 0.0249. The molecule has 1 aromatic carbocycles. The molecule has 2 amide bonds. The average Bonchev–Trinajstić information content (AvgIpc) is 2.79. The van der Waals surface area contributed by atoms with Crippen LogP contribution < -0.4 is 4.74 Å². The number of rotatable bonds is 5. The van der Waals surface area contributed by atoms with Crippen molar-refractivity contribution < 1.29 is 32.2 Å². The number of nitrogens with zero attached hydrogens (tertiary/aromatic N) is 3. The van der Waals surface area contributed by atoms with Gasteiger partial charge in [-0.15, -0.1) is 0 Å². The second kappa shape index (κ2) is 9.63. The molecule has 0 radical (unpaired) electrons. The monoisotopic (exact) mass is 441 g/mol. The van der Waals surface area contributed by atoms with Crippen molar-refractivity contribution in [1.82, 2.24) is 14.1 Å². The Labute approximate surface area is 176 Å². The molecule has 0 atom stereocenters. The minimum absolute atomic E-state index is 0.0181. The van der Waals surface area contributed by atoms with Crippen molar-refractivity contribution >= 4 is 22.0 Å². The Hall–Kier alpha value is -2.37. The van der Waals surface area contributed by atoms with Gasteiger partial charge in [-0.05, 0) is 25.1 Å². The third-order valence-electron chi connectivity index (χ3n) is 5.10. The second-order valence-electron chi connectivity index (χ2n) is 6.86. The summed E-state index contributed by atoms with van der Waals surface area (Å²) in [7, 11) is -2.39. The molecule has 0 N–H and O–H groups in total. The van der Waals surface area contributed by atoms with Gasteiger partial charge in [-0.25, -0.2) is 13.2 Å². The van der Waals surface area contributed by atoms with E-state index in [2.05, 4.69) is 0 Å². The van der Waals surface area contributed by atoms with E-state index < -0.39 is 16.1 Å². The summed E-state index contributed by atoms with van der Waals surface area (Å²) in [6.07, 6.45) is -0.447. The van der Waals surface area contributed by atoms with E-state index in [0.29, 0.717) is 32.1 Å². The van der Waals surface area contributed by atoms with Crippen LogP contribution in [0.15, 0.2) is 23.1 Å². The summed E-state index contributed by atoms with van der Waals surface area (Å²) in [4.78, 5) is 27.9. The first-order valence-electron chi connectivity index (χ1n) is 9.85. The van der Waals surface area contributed by atoms with Gasteiger partial charge in [0.25, 0.3) is 5.91 Å². The average molecular weight is 442 g/mol. The van der Waals surface area contributed by atoms with Crippen LogP contribution in [0.3, 0.4) is 0 Å². The molecular formula is C19H27N3O7S. The highest BCUT2D eigenvalue weighted by Gasteiger charge is 2.32. The maximum Gasteiger partial charge on any atom is 0.409 e. The van der Waals surface area contributed by atoms with Crippen LogP contribution in [0.25, 0.3) is 0 Å². The van der Waals surface area contributed by atoms with Gasteiger partial charge in [-0.2, -0.15) is 4.31 Å². The zero-order valence-corrected chi connectivity index (χ0v) is 18.0. The number of methoxy groups -OCH3 is 1. The van der Waals surface area contributed by atoms with E-state index in [1.807, 2.05) is 0 Å². The third kappa shape index (κ3) is 4.68. The SMILES string of the molecule is CCOC(=O)N1CCN(S(=O)(=O)c2ccc(OC)c(C(=O)N3CCOCC3)c2)CC1. The number of piperazine rings is 1. The molecule has 0 saturated carbocycles. The molecule has 30 heavy (non-hydrogen) atoms. The zero-order valence-electron chi connectivity index (χ0n) is 17.2. The van der Waals surface area contributed by atoms with E-state index in [1.54, 1.807) is 11.8 Å². The molecular weight excluding hydrogens is 414 g/mol. The minimum atomic E-state index is -3.83. The Kier molecular flexibility index (Phi) is 7.16. The molecule has 0 spiro atoms. The summed E-state index contributed by atoms with van der Waals surface area (Å²) >= 11 is 0. The van der Waals surface area contributed by atoms with Crippen LogP contribution in [-0.4, -0.2) is 101 Å². The molecule has 2 aliphatic rings. The van der Waals surface area contributed by atoms with Gasteiger partial charge in [0.2, 0.25) is 10.0 Å². The predicted molar refractivity (Wildman–Crippen MR) is 107 cm³/mol. The third-order valence-corrected chi connectivity index (χ3v) is 7.00. The summed E-state index contributed by atoms with van der Waals surface area (Å²) in [6.45, 7) is 4.54. The summed E-state index contributed by atoms with van der Waals surface area (Å²) < 4.78 is 43.1. The topological polar surface area (TPSA) is 106 Å². The van der Waals surface area contributed by atoms with Crippen LogP contribution in [0.5, 0.6) is 5.75 Å². The standard InChI is InChI=1S/C19H27N3O7S/c1-3-29-19(24)21-6-8-22(9-7-21)30(25,26)15-4-5-17(27-2)16(14-15)18(23)20-10-12-28-13-11-20/h4-5,14H,3,6-13H2,1-2H3. The summed E-state index contributed by atoms with van der Waals surface area (Å²) in [5, 5.41) is 0. The first-order chi connectivity index (χ1) is 14.4. The van der Waals surface area contributed by atoms with Crippen LogP contribution in [0.4, 0.5) is 4.79 Å². The highest BCUT2D eigenvalue weighted by Crippen LogP contribution is 2.27. The van der Waals surface area contributed by atoms with E-state index in [-0.39, 0.29) is 49.2 Å². The minimum Gasteiger partial charge on any atom is -0.496 e. The van der Waals surface area contributed by atoms with Crippen molar-refractivity contribution in [3.63, 3.8) is 0 Å². The molecule has 2 aliphatic heterocycles. The highest BCUT2D eigenvalue weighted by molar-refractivity contribution is 7.89. The van der Waals surface area contributed by atoms with E-state index in [9.17, 15) is 18.0 Å². The van der Waals surface area contributed by atoms with Gasteiger partial charge >= 0.3 is 6.09 Å². The van der Waals surface area contributed by atoms with Crippen molar-refractivity contribution in [3.8, 4) is 5.75 Å². The van der Waals surface area contributed by atoms with Gasteiger partial charge in [0.05, 0.1) is 37.4 Å². The van der Waals surface area contributed by atoms with Crippen molar-refractivity contribution in [3.05, 3.63) is 23.8 Å². The summed E-state index contributed by atoms with van der Waals surface area (Å²) in [6, 6.07) is 4.29. The lowest BCUT2D eigenvalue weighted by molar-refractivity contribution is 0.0300. The smallest absolute Gasteiger partial charge is 0.409 e. The molecule has 10 nitrogen and oxygen atoms in total. The number of amides is 2. The molecule has 1 aromatic rings. The predicted octanol–water partition coefficient (Wildman–Crippen LogP) is 0.630. The van der Waals surface area contributed by atoms with Crippen LogP contribution >= 0.6 is 0 Å². The molecule has 0 aromatic heterocycles. The van der Waals surface area contributed by atoms with Gasteiger partial charge in [0.1, 0.15) is 5.75 Å². The van der Waals surface area contributed by atoms with Gasteiger partial charge in [-0.3, -0.25) is 4.79 Å². The summed E-state index contributed by atoms with van der Waals surface area (Å²) in [5.41, 5.74) is 0.200. The lowest BCUT2D eigenvalue weighted by Crippen LogP contribution is -2.50. The Bertz CT molecular complexity index is 876. The zero-order chi connectivity index (χ0) is 21.7. The fraction of sp³-hybridized carbons (Fsp3) is 0.579. The number of carbonyl (C=O) groups excluding carboxylic acids is 2. The number of morpholine rings is 1. The van der Waals surface area contributed by atoms with Crippen molar-refractivity contribution in [1.29, 1.82) is 0 Å². The number of hydrogen-bond donors (Lipinski definition) is 0. The molecule has 11 heteroatoms. The first kappa shape index (κ1) is 22.3. The van der Waals surface area contributed by atoms with Crippen molar-refractivity contribution in [2.75, 3.05) is 66.2 Å². The van der Waals surface area contributed by atoms with Crippen molar-refractivity contribution in [2.45, 2.75) is 11.8 Å². The van der Waals surface area contributed by atoms with E-state index in [0.717, 1.165) is 0 Å². The lowest BCUT2D eigenvalue weighted by atomic mass is 10.1. The molecule has 2 fully saturated rings. The number of sulfonamides is 1. The van der Waals surface area contributed by atoms with Crippen LogP contribution in [0, 0.1) is 0 Å². The fourth-order valence-electron chi connectivity index (χ4n) is 3.43. The van der Waals surface area contributed by atoms with Crippen molar-refractivity contribution in [2.24, 2.45) is 0 Å². The molecule has 2 heterocycles. The number of carbonyl (C=O) groups is 2. The Morgan fingerprint density at radius 3 is 2.30 bits per heavy atom. The van der Waals surface area contributed by atoms with Gasteiger partial charge in [0, 0.05) is 39.3 Å². The molecule has 166 valence electrons. The molecule has 0 aliphatic carbocycles. The molecule has 3 rings (SSSR count). The van der Waals surface area contributed by atoms with Gasteiger partial charge in [0.15, 0.2) is 0 Å². The highest BCUT2D eigenvalue weighted by atomic mass is 32.2. The van der Waals surface area contributed by atoms with Crippen LogP contribution in [0.2, 0.25) is 0 Å². The maximum atomic E-state index is 13.1. The normalized spacial score (nSPS) is 18.2. The largest absolute Gasteiger partial charge is 0.496 e. The second-order valence-corrected chi connectivity index (χ2v) is 8.79. The van der Waals surface area contributed by atoms with Crippen LogP contribution in [-0.2, 0) is 19.5 Å². The maximum absolute atomic E-state index is 13.1. The Morgan fingerprint density at radius 1 is 1.03 bits per heavy atom. The molecule has 0 bridgehead atoms. The molecule has 2 saturated heterocycles. The Morgan fingerprint density at radius 2 is 1.70 bits per heavy atom. The lowest BCUT2D eigenvalue weighted by Gasteiger charge is -2.33. The number of hydrogen-bond acceptors (Lipinski definition) is 7. The number of benzene rings is 1. The van der Waals surface area contributed by atoms with E-state index in [4.69, 9.17) is 14.2 Å². The number of ether oxygens (including phenoxy) is 3. The van der Waals surface area contributed by atoms with Gasteiger partial charge in [-0.1, -0.05) is 0 Å².